The second-order valence-corrected chi connectivity index (χ2v) is 6.49. The molecule has 2 aromatic carbocycles. The zero-order valence-electron chi connectivity index (χ0n) is 15.2. The van der Waals surface area contributed by atoms with Crippen molar-refractivity contribution in [1.29, 1.82) is 0 Å². The second kappa shape index (κ2) is 8.49. The molecule has 0 amide bonds. The van der Waals surface area contributed by atoms with Crippen molar-refractivity contribution in [2.24, 2.45) is 21.5 Å². The van der Waals surface area contributed by atoms with E-state index < -0.39 is 5.66 Å². The molecule has 0 saturated carbocycles. The van der Waals surface area contributed by atoms with Crippen molar-refractivity contribution in [2.45, 2.75) is 25.9 Å². The fourth-order valence-corrected chi connectivity index (χ4v) is 2.84. The predicted molar refractivity (Wildman–Crippen MR) is 111 cm³/mol. The third-order valence-electron chi connectivity index (χ3n) is 4.05. The van der Waals surface area contributed by atoms with E-state index >= 15 is 0 Å². The Bertz CT molecular complexity index is 854. The Morgan fingerprint density at radius 3 is 2.48 bits per heavy atom. The van der Waals surface area contributed by atoms with E-state index in [-0.39, 0.29) is 34.7 Å². The van der Waals surface area contributed by atoms with Gasteiger partial charge < -0.3 is 11.5 Å². The van der Waals surface area contributed by atoms with Crippen LogP contribution < -0.4 is 11.5 Å². The summed E-state index contributed by atoms with van der Waals surface area (Å²) < 4.78 is 14.2. The zero-order chi connectivity index (χ0) is 18.7. The van der Waals surface area contributed by atoms with Crippen LogP contribution in [0.5, 0.6) is 0 Å². The summed E-state index contributed by atoms with van der Waals surface area (Å²) in [7, 11) is 0. The van der Waals surface area contributed by atoms with Crippen LogP contribution in [0.15, 0.2) is 58.5 Å². The van der Waals surface area contributed by atoms with Crippen molar-refractivity contribution in [1.82, 2.24) is 5.06 Å². The van der Waals surface area contributed by atoms with Gasteiger partial charge in [0.2, 0.25) is 11.9 Å². The van der Waals surface area contributed by atoms with Gasteiger partial charge in [0.1, 0.15) is 5.82 Å². The van der Waals surface area contributed by atoms with Gasteiger partial charge in [-0.25, -0.2) is 9.38 Å². The molecule has 1 aliphatic rings. The highest BCUT2D eigenvalue weighted by Gasteiger charge is 2.32. The molecule has 1 aliphatic heterocycles. The largest absolute Gasteiger partial charge is 0.368 e. The van der Waals surface area contributed by atoms with Gasteiger partial charge >= 0.3 is 0 Å². The van der Waals surface area contributed by atoms with E-state index in [4.69, 9.17) is 16.3 Å². The number of nitrogens with two attached hydrogens (primary N) is 2. The van der Waals surface area contributed by atoms with Crippen molar-refractivity contribution in [3.63, 3.8) is 0 Å². The first-order valence-corrected chi connectivity index (χ1v) is 8.33. The van der Waals surface area contributed by atoms with Gasteiger partial charge in [0, 0.05) is 5.56 Å². The van der Waals surface area contributed by atoms with E-state index in [1.807, 2.05) is 50.2 Å². The lowest BCUT2D eigenvalue weighted by molar-refractivity contribution is -0.156. The van der Waals surface area contributed by atoms with Crippen LogP contribution in [0.2, 0.25) is 0 Å². The molecule has 144 valence electrons. The van der Waals surface area contributed by atoms with Crippen molar-refractivity contribution in [3.8, 4) is 11.1 Å². The minimum Gasteiger partial charge on any atom is -0.368 e. The molecule has 0 aliphatic carbocycles. The number of hydrogen-bond acceptors (Lipinski definition) is 6. The van der Waals surface area contributed by atoms with Gasteiger partial charge in [-0.2, -0.15) is 10.1 Å². The number of aliphatic imine (C=N–C) groups is 2. The van der Waals surface area contributed by atoms with Gasteiger partial charge in [0.15, 0.2) is 5.66 Å². The highest BCUT2D eigenvalue weighted by molar-refractivity contribution is 8.93. The van der Waals surface area contributed by atoms with Crippen LogP contribution in [0.3, 0.4) is 0 Å². The van der Waals surface area contributed by atoms with Crippen molar-refractivity contribution >= 4 is 28.9 Å². The zero-order valence-corrected chi connectivity index (χ0v) is 16.9. The lowest BCUT2D eigenvalue weighted by atomic mass is 10.0. The fourth-order valence-electron chi connectivity index (χ4n) is 2.84. The molecule has 0 radical (unpaired) electrons. The lowest BCUT2D eigenvalue weighted by Gasteiger charge is -2.36. The second-order valence-electron chi connectivity index (χ2n) is 6.49. The molecule has 0 fully saturated rings. The van der Waals surface area contributed by atoms with Crippen LogP contribution in [-0.2, 0) is 11.3 Å². The highest BCUT2D eigenvalue weighted by Crippen LogP contribution is 2.24. The van der Waals surface area contributed by atoms with Crippen molar-refractivity contribution in [3.05, 3.63) is 59.9 Å². The Kier molecular flexibility index (Phi) is 6.56. The molecule has 1 heterocycles. The lowest BCUT2D eigenvalue weighted by Crippen LogP contribution is -2.53. The molecule has 27 heavy (non-hydrogen) atoms. The summed E-state index contributed by atoms with van der Waals surface area (Å²) >= 11 is 0. The van der Waals surface area contributed by atoms with E-state index in [0.29, 0.717) is 18.6 Å². The molecule has 0 unspecified atom stereocenters. The SMILES string of the molecule is Br.CC1(C)N=C(N)N=C(N)N1OCCc1ccc(F)c(-c2ccccc2)c1. The Balaban J connectivity index is 0.00000261. The molecule has 8 heteroatoms. The topological polar surface area (TPSA) is 89.2 Å². The monoisotopic (exact) mass is 435 g/mol. The molecule has 2 aromatic rings. The van der Waals surface area contributed by atoms with Crippen LogP contribution in [-0.4, -0.2) is 29.3 Å². The van der Waals surface area contributed by atoms with Gasteiger partial charge in [0.05, 0.1) is 6.61 Å². The van der Waals surface area contributed by atoms with Crippen molar-refractivity contribution in [2.75, 3.05) is 6.61 Å². The Labute approximate surface area is 168 Å². The maximum atomic E-state index is 14.2. The summed E-state index contributed by atoms with van der Waals surface area (Å²) in [4.78, 5) is 13.9. The molecule has 6 nitrogen and oxygen atoms in total. The Morgan fingerprint density at radius 1 is 1.11 bits per heavy atom. The molecule has 0 spiro atoms. The number of rotatable bonds is 5. The summed E-state index contributed by atoms with van der Waals surface area (Å²) in [5, 5.41) is 1.44. The van der Waals surface area contributed by atoms with E-state index in [2.05, 4.69) is 9.98 Å². The van der Waals surface area contributed by atoms with Crippen LogP contribution >= 0.6 is 17.0 Å². The number of guanidine groups is 2. The van der Waals surface area contributed by atoms with Gasteiger partial charge in [-0.05, 0) is 43.5 Å². The fraction of sp³-hybridized carbons (Fsp3) is 0.263. The van der Waals surface area contributed by atoms with E-state index in [1.165, 1.54) is 11.1 Å². The molecular formula is C19H23BrFN5O. The first-order chi connectivity index (χ1) is 12.4. The molecule has 0 bridgehead atoms. The maximum absolute atomic E-state index is 14.2. The van der Waals surface area contributed by atoms with Crippen LogP contribution in [0.1, 0.15) is 19.4 Å². The van der Waals surface area contributed by atoms with E-state index in [1.54, 1.807) is 6.07 Å². The summed E-state index contributed by atoms with van der Waals surface area (Å²) in [6.45, 7) is 3.99. The molecule has 3 rings (SSSR count). The minimum absolute atomic E-state index is 0. The molecule has 0 atom stereocenters. The molecule has 4 N–H and O–H groups in total. The van der Waals surface area contributed by atoms with E-state index in [0.717, 1.165) is 11.1 Å². The van der Waals surface area contributed by atoms with Gasteiger partial charge in [-0.15, -0.1) is 17.0 Å². The first-order valence-electron chi connectivity index (χ1n) is 8.33. The summed E-state index contributed by atoms with van der Waals surface area (Å²) in [6, 6.07) is 14.5. The minimum atomic E-state index is -0.742. The van der Waals surface area contributed by atoms with Crippen LogP contribution in [0, 0.1) is 5.82 Å². The number of hydroxylamine groups is 2. The van der Waals surface area contributed by atoms with Gasteiger partial charge in [-0.1, -0.05) is 36.4 Å². The van der Waals surface area contributed by atoms with Crippen molar-refractivity contribution < 1.29 is 9.23 Å². The normalized spacial score (nSPS) is 15.6. The number of hydrogen-bond donors (Lipinski definition) is 2. The highest BCUT2D eigenvalue weighted by atomic mass is 79.9. The average molecular weight is 436 g/mol. The number of nitrogens with zero attached hydrogens (tertiary/aromatic N) is 3. The molecule has 0 saturated heterocycles. The summed E-state index contributed by atoms with van der Waals surface area (Å²) in [5.74, 6) is 0.0317. The van der Waals surface area contributed by atoms with E-state index in [9.17, 15) is 4.39 Å². The third kappa shape index (κ3) is 4.84. The number of benzene rings is 2. The molecular weight excluding hydrogens is 413 g/mol. The molecule has 0 aromatic heterocycles. The van der Waals surface area contributed by atoms with Crippen LogP contribution in [0.4, 0.5) is 4.39 Å². The van der Waals surface area contributed by atoms with Gasteiger partial charge in [-0.3, -0.25) is 4.84 Å². The van der Waals surface area contributed by atoms with Crippen LogP contribution in [0.25, 0.3) is 11.1 Å². The standard InChI is InChI=1S/C19H22FN5O.BrH/c1-19(2)24-17(21)23-18(22)25(19)26-11-10-13-8-9-16(20)15(12-13)14-6-4-3-5-7-14;/h3-9,12H,10-11H2,1-2H3,(H4,21,22,23,24);1H. The smallest absolute Gasteiger partial charge is 0.226 e. The number of halogens is 2. The third-order valence-corrected chi connectivity index (χ3v) is 4.05. The Hall–Kier alpha value is -2.45. The quantitative estimate of drug-likeness (QED) is 0.754. The summed E-state index contributed by atoms with van der Waals surface area (Å²) in [6.07, 6.45) is 0.583. The van der Waals surface area contributed by atoms with Gasteiger partial charge in [0.25, 0.3) is 0 Å². The maximum Gasteiger partial charge on any atom is 0.226 e. The first kappa shape index (κ1) is 20.9. The Morgan fingerprint density at radius 2 is 1.81 bits per heavy atom. The average Bonchev–Trinajstić information content (AvgIpc) is 2.58. The summed E-state index contributed by atoms with van der Waals surface area (Å²) in [5.41, 5.74) is 13.1. The predicted octanol–water partition coefficient (Wildman–Crippen LogP) is 3.23.